The van der Waals surface area contributed by atoms with Gasteiger partial charge in [0, 0.05) is 0 Å². The summed E-state index contributed by atoms with van der Waals surface area (Å²) in [5.41, 5.74) is -0.0206. The molecule has 1 atom stereocenters. The van der Waals surface area contributed by atoms with Crippen molar-refractivity contribution in [3.8, 4) is 11.5 Å². The van der Waals surface area contributed by atoms with Crippen LogP contribution in [0.5, 0.6) is 11.5 Å². The van der Waals surface area contributed by atoms with Crippen molar-refractivity contribution in [1.82, 2.24) is 0 Å². The molecule has 2 rings (SSSR count). The van der Waals surface area contributed by atoms with E-state index in [1.807, 2.05) is 25.1 Å². The average molecular weight is 236 g/mol. The van der Waals surface area contributed by atoms with Crippen LogP contribution in [-0.4, -0.2) is 19.3 Å². The third-order valence-electron chi connectivity index (χ3n) is 3.65. The van der Waals surface area contributed by atoms with Crippen LogP contribution >= 0.6 is 0 Å². The highest BCUT2D eigenvalue weighted by atomic mass is 16.5. The molecule has 1 N–H and O–H groups in total. The van der Waals surface area contributed by atoms with Crippen LogP contribution in [-0.2, 0) is 5.60 Å². The van der Waals surface area contributed by atoms with Gasteiger partial charge in [0.1, 0.15) is 11.5 Å². The molecular weight excluding hydrogens is 216 g/mol. The van der Waals surface area contributed by atoms with Crippen molar-refractivity contribution in [2.75, 3.05) is 14.2 Å². The molecule has 94 valence electrons. The molecule has 3 nitrogen and oxygen atoms in total. The lowest BCUT2D eigenvalue weighted by Gasteiger charge is -2.30. The fourth-order valence-electron chi connectivity index (χ4n) is 2.51. The van der Waals surface area contributed by atoms with E-state index in [0.29, 0.717) is 23.8 Å². The summed E-state index contributed by atoms with van der Waals surface area (Å²) in [5.74, 6) is 1.75. The third kappa shape index (κ3) is 2.00. The van der Waals surface area contributed by atoms with Crippen LogP contribution in [0.4, 0.5) is 0 Å². The Hall–Kier alpha value is -1.22. The van der Waals surface area contributed by atoms with Gasteiger partial charge in [-0.1, -0.05) is 13.0 Å². The quantitative estimate of drug-likeness (QED) is 0.854. The van der Waals surface area contributed by atoms with Gasteiger partial charge in [-0.15, -0.1) is 0 Å². The largest absolute Gasteiger partial charge is 0.496 e. The van der Waals surface area contributed by atoms with Gasteiger partial charge in [0.2, 0.25) is 0 Å². The molecule has 1 unspecified atom stereocenters. The summed E-state index contributed by atoms with van der Waals surface area (Å²) in [6.07, 6.45) is 2.82. The van der Waals surface area contributed by atoms with Crippen molar-refractivity contribution in [3.05, 3.63) is 23.8 Å². The molecule has 0 aromatic heterocycles. The maximum absolute atomic E-state index is 10.9. The fourth-order valence-corrected chi connectivity index (χ4v) is 2.51. The van der Waals surface area contributed by atoms with Gasteiger partial charge in [-0.25, -0.2) is 0 Å². The molecule has 0 saturated heterocycles. The summed E-state index contributed by atoms with van der Waals surface area (Å²) in [5, 5.41) is 10.9. The first-order chi connectivity index (χ1) is 8.17. The maximum atomic E-state index is 10.9. The van der Waals surface area contributed by atoms with Crippen molar-refractivity contribution in [2.24, 2.45) is 5.92 Å². The van der Waals surface area contributed by atoms with Gasteiger partial charge in [0.15, 0.2) is 0 Å². The van der Waals surface area contributed by atoms with Crippen molar-refractivity contribution >= 4 is 0 Å². The number of hydrogen-bond acceptors (Lipinski definition) is 3. The molecule has 0 radical (unpaired) electrons. The van der Waals surface area contributed by atoms with Crippen molar-refractivity contribution in [1.29, 1.82) is 0 Å². The zero-order valence-electron chi connectivity index (χ0n) is 10.7. The van der Waals surface area contributed by atoms with Gasteiger partial charge in [-0.2, -0.15) is 0 Å². The van der Waals surface area contributed by atoms with Crippen molar-refractivity contribution in [2.45, 2.75) is 31.8 Å². The molecule has 1 fully saturated rings. The Balaban J connectivity index is 2.54. The molecule has 0 aliphatic heterocycles. The zero-order valence-corrected chi connectivity index (χ0v) is 10.7. The smallest absolute Gasteiger partial charge is 0.128 e. The SMILES string of the molecule is CCC(O)(c1c(OC)cccc1OC)C1CC1. The minimum absolute atomic E-state index is 0.331. The Morgan fingerprint density at radius 2 is 1.76 bits per heavy atom. The average Bonchev–Trinajstić information content (AvgIpc) is 3.21. The van der Waals surface area contributed by atoms with E-state index in [1.54, 1.807) is 14.2 Å². The molecular formula is C14H20O3. The molecule has 17 heavy (non-hydrogen) atoms. The van der Waals surface area contributed by atoms with Crippen molar-refractivity contribution in [3.63, 3.8) is 0 Å². The van der Waals surface area contributed by atoms with Crippen molar-refractivity contribution < 1.29 is 14.6 Å². The molecule has 0 bridgehead atoms. The van der Waals surface area contributed by atoms with E-state index in [0.717, 1.165) is 18.4 Å². The van der Waals surface area contributed by atoms with Gasteiger partial charge in [-0.05, 0) is 37.3 Å². The molecule has 0 heterocycles. The summed E-state index contributed by atoms with van der Waals surface area (Å²) in [4.78, 5) is 0. The second-order valence-corrected chi connectivity index (χ2v) is 4.59. The lowest BCUT2D eigenvalue weighted by molar-refractivity contribution is 0.00458. The number of methoxy groups -OCH3 is 2. The molecule has 1 aromatic rings. The van der Waals surface area contributed by atoms with Gasteiger partial charge in [0.25, 0.3) is 0 Å². The topological polar surface area (TPSA) is 38.7 Å². The van der Waals surface area contributed by atoms with E-state index in [4.69, 9.17) is 9.47 Å². The maximum Gasteiger partial charge on any atom is 0.128 e. The normalized spacial score (nSPS) is 18.6. The molecule has 0 amide bonds. The molecule has 1 saturated carbocycles. The van der Waals surface area contributed by atoms with E-state index < -0.39 is 5.60 Å². The molecule has 1 aliphatic carbocycles. The van der Waals surface area contributed by atoms with E-state index in [-0.39, 0.29) is 0 Å². The number of ether oxygens (including phenoxy) is 2. The first-order valence-corrected chi connectivity index (χ1v) is 6.11. The second-order valence-electron chi connectivity index (χ2n) is 4.59. The minimum atomic E-state index is -0.821. The molecule has 1 aromatic carbocycles. The van der Waals surface area contributed by atoms with Crippen LogP contribution in [0.2, 0.25) is 0 Å². The van der Waals surface area contributed by atoms with E-state index in [1.165, 1.54) is 0 Å². The fraction of sp³-hybridized carbons (Fsp3) is 0.571. The number of aliphatic hydroxyl groups is 1. The van der Waals surface area contributed by atoms with Crippen LogP contribution in [0.15, 0.2) is 18.2 Å². The Kier molecular flexibility index (Phi) is 3.29. The van der Waals surface area contributed by atoms with Crippen LogP contribution in [0.3, 0.4) is 0 Å². The highest BCUT2D eigenvalue weighted by Gasteiger charge is 2.46. The third-order valence-corrected chi connectivity index (χ3v) is 3.65. The molecule has 1 aliphatic rings. The van der Waals surface area contributed by atoms with Crippen LogP contribution < -0.4 is 9.47 Å². The summed E-state index contributed by atoms with van der Waals surface area (Å²) in [6.45, 7) is 2.00. The van der Waals surface area contributed by atoms with E-state index >= 15 is 0 Å². The lowest BCUT2D eigenvalue weighted by atomic mass is 9.85. The zero-order chi connectivity index (χ0) is 12.5. The predicted octanol–water partition coefficient (Wildman–Crippen LogP) is 2.71. The molecule has 0 spiro atoms. The Morgan fingerprint density at radius 1 is 1.24 bits per heavy atom. The minimum Gasteiger partial charge on any atom is -0.496 e. The highest BCUT2D eigenvalue weighted by molar-refractivity contribution is 5.49. The number of rotatable bonds is 5. The van der Waals surface area contributed by atoms with Gasteiger partial charge < -0.3 is 14.6 Å². The van der Waals surface area contributed by atoms with E-state index in [2.05, 4.69) is 0 Å². The van der Waals surface area contributed by atoms with Gasteiger partial charge in [0.05, 0.1) is 25.4 Å². The first kappa shape index (κ1) is 12.2. The van der Waals surface area contributed by atoms with Crippen LogP contribution in [0, 0.1) is 5.92 Å². The number of hydrogen-bond donors (Lipinski definition) is 1. The van der Waals surface area contributed by atoms with Crippen LogP contribution in [0.1, 0.15) is 31.7 Å². The summed E-state index contributed by atoms with van der Waals surface area (Å²) in [7, 11) is 3.25. The summed E-state index contributed by atoms with van der Waals surface area (Å²) < 4.78 is 10.7. The standard InChI is InChI=1S/C14H20O3/c1-4-14(15,10-8-9-10)13-11(16-2)6-5-7-12(13)17-3/h5-7,10,15H,4,8-9H2,1-3H3. The summed E-state index contributed by atoms with van der Waals surface area (Å²) >= 11 is 0. The highest BCUT2D eigenvalue weighted by Crippen LogP contribution is 2.52. The van der Waals surface area contributed by atoms with E-state index in [9.17, 15) is 5.11 Å². The predicted molar refractivity (Wildman–Crippen MR) is 66.5 cm³/mol. The molecule has 3 heteroatoms. The van der Waals surface area contributed by atoms with Crippen LogP contribution in [0.25, 0.3) is 0 Å². The van der Waals surface area contributed by atoms with Gasteiger partial charge in [-0.3, -0.25) is 0 Å². The first-order valence-electron chi connectivity index (χ1n) is 6.11. The summed E-state index contributed by atoms with van der Waals surface area (Å²) in [6, 6.07) is 5.63. The lowest BCUT2D eigenvalue weighted by Crippen LogP contribution is -2.28. The number of benzene rings is 1. The monoisotopic (exact) mass is 236 g/mol. The second kappa shape index (κ2) is 4.57. The Morgan fingerprint density at radius 3 is 2.12 bits per heavy atom. The Labute approximate surface area is 102 Å². The Bertz CT molecular complexity index is 376. The van der Waals surface area contributed by atoms with Gasteiger partial charge >= 0.3 is 0 Å².